The second-order valence-corrected chi connectivity index (χ2v) is 9.99. The molecular formula is C33H33NO5. The summed E-state index contributed by atoms with van der Waals surface area (Å²) in [5.41, 5.74) is 4.86. The van der Waals surface area contributed by atoms with Crippen LogP contribution < -0.4 is 9.47 Å². The molecule has 0 saturated heterocycles. The normalized spacial score (nSPS) is 20.6. The highest BCUT2D eigenvalue weighted by Crippen LogP contribution is 2.50. The average molecular weight is 524 g/mol. The van der Waals surface area contributed by atoms with Gasteiger partial charge in [-0.1, -0.05) is 72.8 Å². The highest BCUT2D eigenvalue weighted by molar-refractivity contribution is 6.09. The number of benzene rings is 3. The second kappa shape index (κ2) is 11.7. The number of hydrogen-bond donors (Lipinski definition) is 0. The summed E-state index contributed by atoms with van der Waals surface area (Å²) >= 11 is 0. The van der Waals surface area contributed by atoms with Gasteiger partial charge in [-0.2, -0.15) is 0 Å². The zero-order valence-corrected chi connectivity index (χ0v) is 22.6. The number of ketones is 1. The van der Waals surface area contributed by atoms with E-state index in [4.69, 9.17) is 19.2 Å². The zero-order valence-electron chi connectivity index (χ0n) is 22.6. The van der Waals surface area contributed by atoms with Gasteiger partial charge in [-0.15, -0.1) is 0 Å². The van der Waals surface area contributed by atoms with E-state index in [2.05, 4.69) is 12.1 Å². The molecule has 6 heteroatoms. The van der Waals surface area contributed by atoms with Gasteiger partial charge in [-0.25, -0.2) is 0 Å². The minimum absolute atomic E-state index is 0.00156. The third-order valence-corrected chi connectivity index (χ3v) is 7.66. The van der Waals surface area contributed by atoms with Crippen LogP contribution in [0.5, 0.6) is 11.5 Å². The van der Waals surface area contributed by atoms with Crippen molar-refractivity contribution in [1.82, 2.24) is 0 Å². The van der Waals surface area contributed by atoms with Gasteiger partial charge in [-0.3, -0.25) is 14.6 Å². The average Bonchev–Trinajstić information content (AvgIpc) is 2.96. The molecule has 0 saturated carbocycles. The van der Waals surface area contributed by atoms with Crippen LogP contribution in [0.25, 0.3) is 0 Å². The topological polar surface area (TPSA) is 74.2 Å². The minimum Gasteiger partial charge on any atom is -0.493 e. The van der Waals surface area contributed by atoms with Gasteiger partial charge in [0.1, 0.15) is 5.92 Å². The first-order valence-corrected chi connectivity index (χ1v) is 13.3. The molecule has 3 aromatic carbocycles. The van der Waals surface area contributed by atoms with Gasteiger partial charge < -0.3 is 14.2 Å². The molecule has 3 atom stereocenters. The summed E-state index contributed by atoms with van der Waals surface area (Å²) in [6.45, 7) is 2.09. The fraction of sp³-hybridized carbons (Fsp3) is 0.303. The van der Waals surface area contributed by atoms with E-state index >= 15 is 0 Å². The van der Waals surface area contributed by atoms with Crippen LogP contribution in [0.1, 0.15) is 48.3 Å². The molecule has 0 N–H and O–H groups in total. The number of hydrogen-bond acceptors (Lipinski definition) is 6. The van der Waals surface area contributed by atoms with Gasteiger partial charge in [0.05, 0.1) is 20.8 Å². The first kappa shape index (κ1) is 26.4. The SMILES string of the molecule is COc1cccc([C@@H]2C3=C(C[C@@H](c4ccccc4)CC3=O)N=C(C)C2C(=O)OCCc2ccccc2)c1OC. The fourth-order valence-corrected chi connectivity index (χ4v) is 5.82. The van der Waals surface area contributed by atoms with Gasteiger partial charge in [0.2, 0.25) is 0 Å². The summed E-state index contributed by atoms with van der Waals surface area (Å²) in [5, 5.41) is 0. The van der Waals surface area contributed by atoms with E-state index < -0.39 is 17.8 Å². The lowest BCUT2D eigenvalue weighted by atomic mass is 9.69. The van der Waals surface area contributed by atoms with Crippen molar-refractivity contribution in [2.24, 2.45) is 10.9 Å². The van der Waals surface area contributed by atoms with E-state index in [0.29, 0.717) is 42.0 Å². The Hall–Kier alpha value is -4.19. The molecule has 0 radical (unpaired) electrons. The van der Waals surface area contributed by atoms with E-state index in [1.54, 1.807) is 14.2 Å². The third kappa shape index (κ3) is 5.37. The predicted molar refractivity (Wildman–Crippen MR) is 150 cm³/mol. The van der Waals surface area contributed by atoms with Gasteiger partial charge in [0.25, 0.3) is 0 Å². The van der Waals surface area contributed by atoms with Crippen LogP contribution in [0.4, 0.5) is 0 Å². The van der Waals surface area contributed by atoms with E-state index in [1.165, 1.54) is 0 Å². The number of aliphatic imine (C=N–C) groups is 1. The molecule has 1 aliphatic carbocycles. The van der Waals surface area contributed by atoms with Crippen LogP contribution in [0.2, 0.25) is 0 Å². The second-order valence-electron chi connectivity index (χ2n) is 9.99. The maximum absolute atomic E-state index is 13.9. The quantitative estimate of drug-likeness (QED) is 0.335. The van der Waals surface area contributed by atoms with Crippen molar-refractivity contribution in [2.75, 3.05) is 20.8 Å². The van der Waals surface area contributed by atoms with Crippen LogP contribution in [0, 0.1) is 5.92 Å². The van der Waals surface area contributed by atoms with Crippen LogP contribution in [-0.4, -0.2) is 38.3 Å². The van der Waals surface area contributed by atoms with Crippen LogP contribution in [0.3, 0.4) is 0 Å². The summed E-state index contributed by atoms with van der Waals surface area (Å²) in [7, 11) is 3.15. The van der Waals surface area contributed by atoms with Crippen LogP contribution >= 0.6 is 0 Å². The van der Waals surface area contributed by atoms with E-state index in [-0.39, 0.29) is 18.3 Å². The summed E-state index contributed by atoms with van der Waals surface area (Å²) in [5.74, 6) is -0.652. The molecule has 3 aromatic rings. The molecule has 6 nitrogen and oxygen atoms in total. The number of para-hydroxylation sites is 1. The number of carbonyl (C=O) groups is 2. The van der Waals surface area contributed by atoms with Crippen molar-refractivity contribution >= 4 is 17.5 Å². The standard InChI is InChI=1S/C33H33NO5/c1-21-29(33(36)39-18-17-22-11-6-4-7-12-22)30(25-15-10-16-28(37-2)32(25)38-3)31-26(34-21)19-24(20-27(31)35)23-13-8-5-9-14-23/h4-16,24,29-30H,17-20H2,1-3H3/t24-,29?,30+/m1/s1. The Morgan fingerprint density at radius 1 is 0.897 bits per heavy atom. The molecule has 1 heterocycles. The molecule has 5 rings (SSSR count). The molecular weight excluding hydrogens is 490 g/mol. The summed E-state index contributed by atoms with van der Waals surface area (Å²) in [6, 6.07) is 25.5. The molecule has 0 bridgehead atoms. The van der Waals surface area contributed by atoms with E-state index in [9.17, 15) is 9.59 Å². The summed E-state index contributed by atoms with van der Waals surface area (Å²) in [6.07, 6.45) is 1.59. The van der Waals surface area contributed by atoms with E-state index in [1.807, 2.05) is 73.7 Å². The van der Waals surface area contributed by atoms with Gasteiger partial charge in [0, 0.05) is 41.3 Å². The Morgan fingerprint density at radius 3 is 2.31 bits per heavy atom. The highest BCUT2D eigenvalue weighted by atomic mass is 16.5. The Balaban J connectivity index is 1.53. The molecule has 39 heavy (non-hydrogen) atoms. The van der Waals surface area contributed by atoms with E-state index in [0.717, 1.165) is 22.4 Å². The van der Waals surface area contributed by atoms with Gasteiger partial charge in [0.15, 0.2) is 17.3 Å². The van der Waals surface area contributed by atoms with Crippen LogP contribution in [-0.2, 0) is 20.7 Å². The molecule has 0 fully saturated rings. The zero-order chi connectivity index (χ0) is 27.4. The van der Waals surface area contributed by atoms with Crippen molar-refractivity contribution in [3.05, 3.63) is 107 Å². The fourth-order valence-electron chi connectivity index (χ4n) is 5.82. The van der Waals surface area contributed by atoms with Crippen molar-refractivity contribution in [2.45, 2.75) is 38.0 Å². The third-order valence-electron chi connectivity index (χ3n) is 7.66. The maximum atomic E-state index is 13.9. The van der Waals surface area contributed by atoms with Crippen LogP contribution in [0.15, 0.2) is 95.1 Å². The Kier molecular flexibility index (Phi) is 7.92. The Labute approximate surface area is 229 Å². The molecule has 2 aliphatic rings. The minimum atomic E-state index is -0.752. The Bertz CT molecular complexity index is 1410. The Morgan fingerprint density at radius 2 is 1.62 bits per heavy atom. The number of Topliss-reactive ketones (excluding diaryl/α,β-unsaturated/α-hetero) is 1. The first-order valence-electron chi connectivity index (χ1n) is 13.3. The van der Waals surface area contributed by atoms with Gasteiger partial charge in [-0.05, 0) is 36.5 Å². The number of allylic oxidation sites excluding steroid dienone is 2. The van der Waals surface area contributed by atoms with Crippen molar-refractivity contribution in [3.8, 4) is 11.5 Å². The molecule has 0 spiro atoms. The number of carbonyl (C=O) groups excluding carboxylic acids is 2. The molecule has 1 unspecified atom stereocenters. The van der Waals surface area contributed by atoms with Gasteiger partial charge >= 0.3 is 5.97 Å². The largest absolute Gasteiger partial charge is 0.493 e. The number of methoxy groups -OCH3 is 2. The van der Waals surface area contributed by atoms with Crippen molar-refractivity contribution < 1.29 is 23.8 Å². The lowest BCUT2D eigenvalue weighted by Gasteiger charge is -2.37. The summed E-state index contributed by atoms with van der Waals surface area (Å²) in [4.78, 5) is 32.4. The lowest BCUT2D eigenvalue weighted by Crippen LogP contribution is -2.38. The van der Waals surface area contributed by atoms with Crippen molar-refractivity contribution in [3.63, 3.8) is 0 Å². The highest BCUT2D eigenvalue weighted by Gasteiger charge is 2.46. The number of nitrogens with zero attached hydrogens (tertiary/aromatic N) is 1. The number of esters is 1. The molecule has 1 aliphatic heterocycles. The maximum Gasteiger partial charge on any atom is 0.315 e. The monoisotopic (exact) mass is 523 g/mol. The number of rotatable bonds is 8. The number of ether oxygens (including phenoxy) is 3. The smallest absolute Gasteiger partial charge is 0.315 e. The molecule has 200 valence electrons. The summed E-state index contributed by atoms with van der Waals surface area (Å²) < 4.78 is 17.2. The molecule has 0 aromatic heterocycles. The molecule has 0 amide bonds. The van der Waals surface area contributed by atoms with Crippen molar-refractivity contribution in [1.29, 1.82) is 0 Å². The predicted octanol–water partition coefficient (Wildman–Crippen LogP) is 6.06. The lowest BCUT2D eigenvalue weighted by molar-refractivity contribution is -0.146. The first-order chi connectivity index (χ1) is 19.0.